The summed E-state index contributed by atoms with van der Waals surface area (Å²) in [7, 11) is -4.12. The lowest BCUT2D eigenvalue weighted by Crippen LogP contribution is -2.28. The Labute approximate surface area is 108 Å². The summed E-state index contributed by atoms with van der Waals surface area (Å²) in [6.45, 7) is 0.162. The standard InChI is InChI=1S/C10H12F3NO4S/c1-14-6-9(15)7-3-2-4-8(5-7)18-19(16,17)10(11,12)13/h2-5,9,14-15H,6H2,1H3/t9-/m0/s1. The molecule has 0 saturated carbocycles. The van der Waals surface area contributed by atoms with Crippen LogP contribution in [0.4, 0.5) is 13.2 Å². The molecule has 0 radical (unpaired) electrons. The van der Waals surface area contributed by atoms with Crippen molar-refractivity contribution in [1.82, 2.24) is 5.32 Å². The number of benzene rings is 1. The van der Waals surface area contributed by atoms with Crippen LogP contribution in [0.5, 0.6) is 5.75 Å². The van der Waals surface area contributed by atoms with Gasteiger partial charge >= 0.3 is 15.6 Å². The lowest BCUT2D eigenvalue weighted by Gasteiger charge is -2.13. The van der Waals surface area contributed by atoms with Crippen molar-refractivity contribution in [3.05, 3.63) is 29.8 Å². The molecule has 0 aliphatic carbocycles. The van der Waals surface area contributed by atoms with Crippen LogP contribution in [0.1, 0.15) is 11.7 Å². The van der Waals surface area contributed by atoms with Crippen LogP contribution in [0.3, 0.4) is 0 Å². The molecule has 1 aromatic rings. The van der Waals surface area contributed by atoms with Crippen molar-refractivity contribution >= 4 is 10.1 Å². The zero-order valence-corrected chi connectivity index (χ0v) is 10.6. The third-order valence-corrected chi connectivity index (χ3v) is 3.11. The van der Waals surface area contributed by atoms with Gasteiger partial charge in [0, 0.05) is 6.54 Å². The maximum absolute atomic E-state index is 12.1. The topological polar surface area (TPSA) is 75.6 Å². The van der Waals surface area contributed by atoms with Gasteiger partial charge in [0.15, 0.2) is 0 Å². The second kappa shape index (κ2) is 5.76. The minimum absolute atomic E-state index is 0.162. The monoisotopic (exact) mass is 299 g/mol. The molecule has 1 atom stereocenters. The number of hydrogen-bond donors (Lipinski definition) is 2. The first kappa shape index (κ1) is 15.7. The minimum atomic E-state index is -5.70. The maximum Gasteiger partial charge on any atom is 0.534 e. The highest BCUT2D eigenvalue weighted by atomic mass is 32.2. The molecule has 0 saturated heterocycles. The number of hydrogen-bond acceptors (Lipinski definition) is 5. The fourth-order valence-electron chi connectivity index (χ4n) is 1.26. The first-order valence-corrected chi connectivity index (χ1v) is 6.51. The van der Waals surface area contributed by atoms with Crippen molar-refractivity contribution in [2.75, 3.05) is 13.6 Å². The number of rotatable bonds is 5. The summed E-state index contributed by atoms with van der Waals surface area (Å²) in [6, 6.07) is 4.81. The fourth-order valence-corrected chi connectivity index (χ4v) is 1.71. The van der Waals surface area contributed by atoms with E-state index in [4.69, 9.17) is 0 Å². The van der Waals surface area contributed by atoms with E-state index in [1.165, 1.54) is 12.1 Å². The molecular weight excluding hydrogens is 287 g/mol. The number of likely N-dealkylation sites (N-methyl/N-ethyl adjacent to an activating group) is 1. The van der Waals surface area contributed by atoms with Gasteiger partial charge in [0.25, 0.3) is 0 Å². The second-order valence-corrected chi connectivity index (χ2v) is 5.17. The van der Waals surface area contributed by atoms with E-state index in [-0.39, 0.29) is 12.1 Å². The van der Waals surface area contributed by atoms with Gasteiger partial charge in [-0.05, 0) is 24.7 Å². The molecule has 1 aromatic carbocycles. The van der Waals surface area contributed by atoms with Gasteiger partial charge in [-0.1, -0.05) is 12.1 Å². The molecule has 0 amide bonds. The summed E-state index contributed by atoms with van der Waals surface area (Å²) in [5.74, 6) is -0.509. The highest BCUT2D eigenvalue weighted by Gasteiger charge is 2.48. The first-order chi connectivity index (χ1) is 8.67. The number of aliphatic hydroxyl groups is 1. The van der Waals surface area contributed by atoms with Crippen molar-refractivity contribution in [3.63, 3.8) is 0 Å². The summed E-state index contributed by atoms with van der Waals surface area (Å²) in [4.78, 5) is 0. The molecule has 5 nitrogen and oxygen atoms in total. The maximum atomic E-state index is 12.1. The van der Waals surface area contributed by atoms with Crippen LogP contribution in [0, 0.1) is 0 Å². The van der Waals surface area contributed by atoms with E-state index in [2.05, 4.69) is 9.50 Å². The van der Waals surface area contributed by atoms with Gasteiger partial charge in [-0.25, -0.2) is 0 Å². The summed E-state index contributed by atoms with van der Waals surface area (Å²) in [5.41, 5.74) is -5.25. The summed E-state index contributed by atoms with van der Waals surface area (Å²) >= 11 is 0. The zero-order chi connectivity index (χ0) is 14.7. The Kier molecular flexibility index (Phi) is 4.77. The van der Waals surface area contributed by atoms with Gasteiger partial charge in [-0.3, -0.25) is 0 Å². The lowest BCUT2D eigenvalue weighted by atomic mass is 10.1. The molecular formula is C10H12F3NO4S. The van der Waals surface area contributed by atoms with Gasteiger partial charge in [-0.2, -0.15) is 21.6 Å². The zero-order valence-electron chi connectivity index (χ0n) is 9.81. The first-order valence-electron chi connectivity index (χ1n) is 5.11. The van der Waals surface area contributed by atoms with E-state index in [1.54, 1.807) is 7.05 Å². The van der Waals surface area contributed by atoms with Crippen molar-refractivity contribution in [3.8, 4) is 5.75 Å². The lowest BCUT2D eigenvalue weighted by molar-refractivity contribution is -0.0500. The Bertz CT molecular complexity index is 530. The summed E-state index contributed by atoms with van der Waals surface area (Å²) < 4.78 is 61.9. The fraction of sp³-hybridized carbons (Fsp3) is 0.400. The Morgan fingerprint density at radius 1 is 1.42 bits per heavy atom. The summed E-state index contributed by atoms with van der Waals surface area (Å²) in [5, 5.41) is 12.3. The smallest absolute Gasteiger partial charge is 0.387 e. The molecule has 0 aromatic heterocycles. The van der Waals surface area contributed by atoms with Gasteiger partial charge in [-0.15, -0.1) is 0 Å². The molecule has 0 aliphatic rings. The number of alkyl halides is 3. The van der Waals surface area contributed by atoms with E-state index < -0.39 is 27.5 Å². The largest absolute Gasteiger partial charge is 0.534 e. The van der Waals surface area contributed by atoms with Gasteiger partial charge in [0.1, 0.15) is 5.75 Å². The van der Waals surface area contributed by atoms with Crippen LogP contribution in [0.25, 0.3) is 0 Å². The Morgan fingerprint density at radius 3 is 2.58 bits per heavy atom. The highest BCUT2D eigenvalue weighted by molar-refractivity contribution is 7.87. The van der Waals surface area contributed by atoms with Crippen LogP contribution >= 0.6 is 0 Å². The van der Waals surface area contributed by atoms with Crippen LogP contribution in [0.15, 0.2) is 24.3 Å². The molecule has 0 aliphatic heterocycles. The average Bonchev–Trinajstić information content (AvgIpc) is 2.27. The molecule has 108 valence electrons. The third-order valence-electron chi connectivity index (χ3n) is 2.13. The molecule has 2 N–H and O–H groups in total. The highest BCUT2D eigenvalue weighted by Crippen LogP contribution is 2.28. The quantitative estimate of drug-likeness (QED) is 0.630. The summed E-state index contributed by atoms with van der Waals surface area (Å²) in [6.07, 6.45) is -0.984. The van der Waals surface area contributed by atoms with Crippen LogP contribution in [0.2, 0.25) is 0 Å². The number of nitrogens with one attached hydrogen (secondary N) is 1. The molecule has 19 heavy (non-hydrogen) atoms. The number of halogens is 3. The van der Waals surface area contributed by atoms with Crippen LogP contribution in [-0.2, 0) is 10.1 Å². The molecule has 1 rings (SSSR count). The number of aliphatic hydroxyl groups excluding tert-OH is 1. The molecule has 0 bridgehead atoms. The molecule has 0 fully saturated rings. The van der Waals surface area contributed by atoms with E-state index in [9.17, 15) is 26.7 Å². The Hall–Kier alpha value is -1.32. The van der Waals surface area contributed by atoms with Crippen molar-refractivity contribution in [2.45, 2.75) is 11.6 Å². The van der Waals surface area contributed by atoms with Crippen LogP contribution in [-0.4, -0.2) is 32.6 Å². The van der Waals surface area contributed by atoms with E-state index in [0.29, 0.717) is 0 Å². The Balaban J connectivity index is 2.96. The Morgan fingerprint density at radius 2 is 2.05 bits per heavy atom. The SMILES string of the molecule is CNC[C@H](O)c1cccc(OS(=O)(=O)C(F)(F)F)c1. The van der Waals surface area contributed by atoms with Gasteiger partial charge in [0.05, 0.1) is 6.10 Å². The van der Waals surface area contributed by atoms with E-state index in [1.807, 2.05) is 0 Å². The minimum Gasteiger partial charge on any atom is -0.387 e. The average molecular weight is 299 g/mol. The van der Waals surface area contributed by atoms with E-state index >= 15 is 0 Å². The molecule has 0 heterocycles. The van der Waals surface area contributed by atoms with Crippen molar-refractivity contribution in [1.29, 1.82) is 0 Å². The van der Waals surface area contributed by atoms with Crippen LogP contribution < -0.4 is 9.50 Å². The predicted molar refractivity (Wildman–Crippen MR) is 60.9 cm³/mol. The molecule has 0 spiro atoms. The molecule has 0 unspecified atom stereocenters. The van der Waals surface area contributed by atoms with Crippen molar-refractivity contribution in [2.24, 2.45) is 0 Å². The normalized spacial score (nSPS) is 14.2. The van der Waals surface area contributed by atoms with Crippen molar-refractivity contribution < 1.29 is 30.9 Å². The van der Waals surface area contributed by atoms with E-state index in [0.717, 1.165) is 12.1 Å². The van der Waals surface area contributed by atoms with Gasteiger partial charge in [0.2, 0.25) is 0 Å². The second-order valence-electron chi connectivity index (χ2n) is 3.63. The molecule has 9 heteroatoms. The van der Waals surface area contributed by atoms with Gasteiger partial charge < -0.3 is 14.6 Å². The predicted octanol–water partition coefficient (Wildman–Crippen LogP) is 1.17. The third kappa shape index (κ3) is 4.08.